The van der Waals surface area contributed by atoms with Gasteiger partial charge in [0.1, 0.15) is 17.6 Å². The molecule has 6 nitrogen and oxygen atoms in total. The second-order valence-corrected chi connectivity index (χ2v) is 7.18. The van der Waals surface area contributed by atoms with Crippen molar-refractivity contribution in [3.63, 3.8) is 0 Å². The number of halogens is 1. The van der Waals surface area contributed by atoms with Crippen LogP contribution in [0.5, 0.6) is 5.75 Å². The number of rotatable bonds is 3. The number of carbonyl (C=O) groups excluding carboxylic acids is 1. The fourth-order valence-electron chi connectivity index (χ4n) is 4.00. The summed E-state index contributed by atoms with van der Waals surface area (Å²) in [6, 6.07) is 13.3. The van der Waals surface area contributed by atoms with Gasteiger partial charge in [-0.1, -0.05) is 12.1 Å². The molecule has 1 N–H and O–H groups in total. The van der Waals surface area contributed by atoms with Gasteiger partial charge in [-0.05, 0) is 54.8 Å². The number of allylic oxidation sites excluding steroid dienone is 2. The zero-order valence-electron chi connectivity index (χ0n) is 15.9. The molecular formula is C22H19FN4O2. The van der Waals surface area contributed by atoms with Gasteiger partial charge in [0, 0.05) is 23.3 Å². The molecule has 0 amide bonds. The highest BCUT2D eigenvalue weighted by molar-refractivity contribution is 5.99. The predicted octanol–water partition coefficient (Wildman–Crippen LogP) is 4.11. The Kier molecular flexibility index (Phi) is 4.16. The number of fused-ring (bicyclic) bond motifs is 1. The van der Waals surface area contributed by atoms with E-state index in [1.54, 1.807) is 17.9 Å². The standard InChI is InChI=1S/C22H19FN4O2/c1-29-16-10-8-13(9-11-16)21-25-22-24-17-6-3-7-18(28)19(17)20(27(22)26-21)14-4-2-5-15(23)12-14/h2,4-5,8-12,20H,3,6-7H2,1H3,(H,24,25,26). The molecule has 2 aromatic carbocycles. The van der Waals surface area contributed by atoms with E-state index < -0.39 is 6.04 Å². The molecule has 0 fully saturated rings. The molecular weight excluding hydrogens is 371 g/mol. The number of ketones is 1. The van der Waals surface area contributed by atoms with Crippen LogP contribution in [-0.2, 0) is 4.79 Å². The van der Waals surface area contributed by atoms with Crippen LogP contribution in [0.1, 0.15) is 30.9 Å². The first-order chi connectivity index (χ1) is 14.1. The van der Waals surface area contributed by atoms with E-state index in [4.69, 9.17) is 4.74 Å². The smallest absolute Gasteiger partial charge is 0.226 e. The molecule has 0 radical (unpaired) electrons. The minimum absolute atomic E-state index is 0.0696. The minimum atomic E-state index is -0.496. The van der Waals surface area contributed by atoms with Gasteiger partial charge in [-0.25, -0.2) is 9.07 Å². The van der Waals surface area contributed by atoms with Crippen LogP contribution in [0.25, 0.3) is 11.4 Å². The molecule has 0 saturated carbocycles. The van der Waals surface area contributed by atoms with E-state index >= 15 is 0 Å². The third kappa shape index (κ3) is 2.99. The van der Waals surface area contributed by atoms with E-state index in [9.17, 15) is 9.18 Å². The van der Waals surface area contributed by atoms with Crippen LogP contribution in [0, 0.1) is 5.82 Å². The van der Waals surface area contributed by atoms with Gasteiger partial charge in [-0.2, -0.15) is 4.98 Å². The number of hydrogen-bond acceptors (Lipinski definition) is 5. The number of aromatic nitrogens is 3. The Morgan fingerprint density at radius 3 is 2.76 bits per heavy atom. The third-order valence-electron chi connectivity index (χ3n) is 5.38. The Morgan fingerprint density at radius 1 is 1.17 bits per heavy atom. The van der Waals surface area contributed by atoms with Gasteiger partial charge in [-0.15, -0.1) is 5.10 Å². The van der Waals surface area contributed by atoms with E-state index in [1.165, 1.54) is 12.1 Å². The molecule has 5 rings (SSSR count). The SMILES string of the molecule is COc1ccc(-c2nc3n(n2)C(c2cccc(F)c2)C2=C(CCCC2=O)N3)cc1. The van der Waals surface area contributed by atoms with Crippen molar-refractivity contribution in [2.75, 3.05) is 12.4 Å². The van der Waals surface area contributed by atoms with Gasteiger partial charge in [0.2, 0.25) is 5.95 Å². The van der Waals surface area contributed by atoms with Crippen LogP contribution in [0.4, 0.5) is 10.3 Å². The summed E-state index contributed by atoms with van der Waals surface area (Å²) in [4.78, 5) is 17.4. The average molecular weight is 390 g/mol. The first kappa shape index (κ1) is 17.6. The van der Waals surface area contributed by atoms with Crippen molar-refractivity contribution in [2.24, 2.45) is 0 Å². The number of methoxy groups -OCH3 is 1. The van der Waals surface area contributed by atoms with Crippen LogP contribution in [-0.4, -0.2) is 27.7 Å². The first-order valence-electron chi connectivity index (χ1n) is 9.54. The molecule has 1 unspecified atom stereocenters. The maximum absolute atomic E-state index is 14.0. The molecule has 0 bridgehead atoms. The average Bonchev–Trinajstić information content (AvgIpc) is 3.16. The maximum Gasteiger partial charge on any atom is 0.226 e. The van der Waals surface area contributed by atoms with Gasteiger partial charge in [0.15, 0.2) is 11.6 Å². The lowest BCUT2D eigenvalue weighted by atomic mass is 9.85. The minimum Gasteiger partial charge on any atom is -0.497 e. The molecule has 146 valence electrons. The number of ether oxygens (including phenoxy) is 1. The fraction of sp³-hybridized carbons (Fsp3) is 0.227. The summed E-state index contributed by atoms with van der Waals surface area (Å²) >= 11 is 0. The summed E-state index contributed by atoms with van der Waals surface area (Å²) in [5.74, 6) is 1.56. The highest BCUT2D eigenvalue weighted by Gasteiger charge is 2.37. The van der Waals surface area contributed by atoms with Gasteiger partial charge < -0.3 is 10.1 Å². The first-order valence-corrected chi connectivity index (χ1v) is 9.54. The molecule has 29 heavy (non-hydrogen) atoms. The lowest BCUT2D eigenvalue weighted by Gasteiger charge is -2.32. The lowest BCUT2D eigenvalue weighted by molar-refractivity contribution is -0.116. The number of anilines is 1. The van der Waals surface area contributed by atoms with Crippen LogP contribution in [0.2, 0.25) is 0 Å². The maximum atomic E-state index is 14.0. The van der Waals surface area contributed by atoms with Crippen LogP contribution in [0.15, 0.2) is 59.8 Å². The molecule has 7 heteroatoms. The summed E-state index contributed by atoms with van der Waals surface area (Å²) in [5.41, 5.74) is 3.02. The van der Waals surface area contributed by atoms with Crippen LogP contribution in [0.3, 0.4) is 0 Å². The van der Waals surface area contributed by atoms with E-state index in [2.05, 4.69) is 15.4 Å². The zero-order chi connectivity index (χ0) is 20.0. The summed E-state index contributed by atoms with van der Waals surface area (Å²) in [6.45, 7) is 0. The quantitative estimate of drug-likeness (QED) is 0.729. The number of benzene rings is 2. The Morgan fingerprint density at radius 2 is 2.00 bits per heavy atom. The fourth-order valence-corrected chi connectivity index (χ4v) is 4.00. The summed E-state index contributed by atoms with van der Waals surface area (Å²) in [7, 11) is 1.61. The normalized spacial score (nSPS) is 18.1. The topological polar surface area (TPSA) is 69.0 Å². The number of nitrogens with zero attached hydrogens (tertiary/aromatic N) is 3. The van der Waals surface area contributed by atoms with Crippen molar-refractivity contribution in [1.82, 2.24) is 14.8 Å². The van der Waals surface area contributed by atoms with Gasteiger partial charge in [0.25, 0.3) is 0 Å². The molecule has 1 atom stereocenters. The number of nitrogens with one attached hydrogen (secondary N) is 1. The van der Waals surface area contributed by atoms with Crippen molar-refractivity contribution in [3.05, 3.63) is 71.2 Å². The molecule has 0 spiro atoms. The lowest BCUT2D eigenvalue weighted by Crippen LogP contribution is -2.31. The molecule has 2 heterocycles. The van der Waals surface area contributed by atoms with E-state index in [-0.39, 0.29) is 11.6 Å². The van der Waals surface area contributed by atoms with Gasteiger partial charge >= 0.3 is 0 Å². The number of hydrogen-bond donors (Lipinski definition) is 1. The number of carbonyl (C=O) groups is 1. The Labute approximate surface area is 167 Å². The van der Waals surface area contributed by atoms with Gasteiger partial charge in [-0.3, -0.25) is 4.79 Å². The van der Waals surface area contributed by atoms with Crippen molar-refractivity contribution >= 4 is 11.7 Å². The summed E-state index contributed by atoms with van der Waals surface area (Å²) < 4.78 is 20.9. The largest absolute Gasteiger partial charge is 0.497 e. The molecule has 0 saturated heterocycles. The Balaban J connectivity index is 1.65. The predicted molar refractivity (Wildman–Crippen MR) is 106 cm³/mol. The number of Topliss-reactive ketones (excluding diaryl/α,β-unsaturated/α-hetero) is 1. The van der Waals surface area contributed by atoms with Crippen molar-refractivity contribution in [3.8, 4) is 17.1 Å². The zero-order valence-corrected chi connectivity index (χ0v) is 15.9. The molecule has 2 aliphatic rings. The molecule has 1 aliphatic carbocycles. The second-order valence-electron chi connectivity index (χ2n) is 7.18. The van der Waals surface area contributed by atoms with Crippen LogP contribution >= 0.6 is 0 Å². The van der Waals surface area contributed by atoms with Crippen molar-refractivity contribution < 1.29 is 13.9 Å². The highest BCUT2D eigenvalue weighted by Crippen LogP contribution is 2.40. The van der Waals surface area contributed by atoms with E-state index in [0.717, 1.165) is 29.9 Å². The second kappa shape index (κ2) is 6.84. The monoisotopic (exact) mass is 390 g/mol. The Hall–Kier alpha value is -3.48. The highest BCUT2D eigenvalue weighted by atomic mass is 19.1. The van der Waals surface area contributed by atoms with Crippen molar-refractivity contribution in [1.29, 1.82) is 0 Å². The molecule has 1 aliphatic heterocycles. The molecule has 3 aromatic rings. The summed E-state index contributed by atoms with van der Waals surface area (Å²) in [6.07, 6.45) is 2.04. The van der Waals surface area contributed by atoms with E-state index in [0.29, 0.717) is 29.3 Å². The van der Waals surface area contributed by atoms with Crippen LogP contribution < -0.4 is 10.1 Å². The van der Waals surface area contributed by atoms with Crippen molar-refractivity contribution in [2.45, 2.75) is 25.3 Å². The third-order valence-corrected chi connectivity index (χ3v) is 5.38. The molecule has 1 aromatic heterocycles. The summed E-state index contributed by atoms with van der Waals surface area (Å²) in [5, 5.41) is 7.97. The van der Waals surface area contributed by atoms with E-state index in [1.807, 2.05) is 30.3 Å². The van der Waals surface area contributed by atoms with Gasteiger partial charge in [0.05, 0.1) is 7.11 Å². The Bertz CT molecular complexity index is 1130.